The highest BCUT2D eigenvalue weighted by molar-refractivity contribution is 7.16. The number of carbonyl (C=O) groups is 1. The lowest BCUT2D eigenvalue weighted by Crippen LogP contribution is -2.39. The smallest absolute Gasteiger partial charge is 0.305 e. The van der Waals surface area contributed by atoms with Crippen molar-refractivity contribution in [2.45, 2.75) is 70.3 Å². The number of phenolic OH excluding ortho intramolecular Hbond substituents is 2. The van der Waals surface area contributed by atoms with Gasteiger partial charge in [0.15, 0.2) is 0 Å². The van der Waals surface area contributed by atoms with Gasteiger partial charge in [0.1, 0.15) is 17.0 Å². The molecule has 0 bridgehead atoms. The minimum Gasteiger partial charge on any atom is -0.508 e. The van der Waals surface area contributed by atoms with Gasteiger partial charge in [0, 0.05) is 38.6 Å². The SMILES string of the molecule is O=C(CCN(CCNCCc1ccc(O)c2[nH]c(=O)sc12)CCc1cccc(O)c1)NC1CCCCCCC1. The number of thiazole rings is 1. The summed E-state index contributed by atoms with van der Waals surface area (Å²) in [6.45, 7) is 3.81. The number of nitrogens with one attached hydrogen (secondary N) is 3. The number of benzene rings is 2. The molecule has 39 heavy (non-hydrogen) atoms. The molecule has 8 nitrogen and oxygen atoms in total. The fourth-order valence-electron chi connectivity index (χ4n) is 5.35. The summed E-state index contributed by atoms with van der Waals surface area (Å²) in [5.41, 5.74) is 2.62. The van der Waals surface area contributed by atoms with E-state index in [1.807, 2.05) is 18.2 Å². The summed E-state index contributed by atoms with van der Waals surface area (Å²) < 4.78 is 0.810. The van der Waals surface area contributed by atoms with E-state index in [-0.39, 0.29) is 22.3 Å². The quantitative estimate of drug-likeness (QED) is 0.201. The third-order valence-corrected chi connectivity index (χ3v) is 8.53. The Kier molecular flexibility index (Phi) is 11.2. The number of H-pyrrole nitrogens is 1. The van der Waals surface area contributed by atoms with Crippen LogP contribution in [0.4, 0.5) is 0 Å². The van der Waals surface area contributed by atoms with Crippen molar-refractivity contribution in [3.05, 3.63) is 57.2 Å². The number of aromatic nitrogens is 1. The maximum absolute atomic E-state index is 12.8. The van der Waals surface area contributed by atoms with Gasteiger partial charge in [0.05, 0.1) is 4.70 Å². The van der Waals surface area contributed by atoms with E-state index < -0.39 is 0 Å². The zero-order chi connectivity index (χ0) is 27.5. The highest BCUT2D eigenvalue weighted by Gasteiger charge is 2.15. The minimum absolute atomic E-state index is 0.0982. The molecule has 0 aliphatic heterocycles. The number of rotatable bonds is 13. The van der Waals surface area contributed by atoms with Crippen LogP contribution in [0.1, 0.15) is 62.5 Å². The van der Waals surface area contributed by atoms with Gasteiger partial charge in [-0.1, -0.05) is 61.6 Å². The Balaban J connectivity index is 1.25. The van der Waals surface area contributed by atoms with Crippen molar-refractivity contribution in [2.75, 3.05) is 32.7 Å². The fourth-order valence-corrected chi connectivity index (χ4v) is 6.25. The van der Waals surface area contributed by atoms with Crippen LogP contribution in [0.2, 0.25) is 0 Å². The van der Waals surface area contributed by atoms with E-state index in [4.69, 9.17) is 0 Å². The maximum Gasteiger partial charge on any atom is 0.305 e. The van der Waals surface area contributed by atoms with E-state index in [0.29, 0.717) is 24.5 Å². The normalized spacial score (nSPS) is 14.9. The van der Waals surface area contributed by atoms with Crippen molar-refractivity contribution in [3.8, 4) is 11.5 Å². The predicted molar refractivity (Wildman–Crippen MR) is 158 cm³/mol. The number of amides is 1. The molecule has 0 radical (unpaired) electrons. The molecule has 1 aliphatic carbocycles. The van der Waals surface area contributed by atoms with Gasteiger partial charge in [0.2, 0.25) is 5.91 Å². The first-order valence-corrected chi connectivity index (χ1v) is 15.1. The van der Waals surface area contributed by atoms with Crippen LogP contribution in [0.5, 0.6) is 11.5 Å². The van der Waals surface area contributed by atoms with Crippen molar-refractivity contribution in [1.29, 1.82) is 0 Å². The average molecular weight is 555 g/mol. The topological polar surface area (TPSA) is 118 Å². The molecule has 0 spiro atoms. The number of phenols is 2. The Morgan fingerprint density at radius 1 is 0.974 bits per heavy atom. The molecule has 1 saturated carbocycles. The Hall–Kier alpha value is -2.88. The van der Waals surface area contributed by atoms with Crippen LogP contribution in [-0.4, -0.2) is 64.8 Å². The highest BCUT2D eigenvalue weighted by atomic mass is 32.1. The monoisotopic (exact) mass is 554 g/mol. The van der Waals surface area contributed by atoms with Crippen LogP contribution in [0.3, 0.4) is 0 Å². The van der Waals surface area contributed by atoms with Crippen LogP contribution in [-0.2, 0) is 17.6 Å². The first kappa shape index (κ1) is 29.1. The third kappa shape index (κ3) is 9.37. The summed E-state index contributed by atoms with van der Waals surface area (Å²) in [4.78, 5) is 29.4. The van der Waals surface area contributed by atoms with E-state index in [1.54, 1.807) is 18.2 Å². The van der Waals surface area contributed by atoms with Gasteiger partial charge in [-0.2, -0.15) is 0 Å². The van der Waals surface area contributed by atoms with Gasteiger partial charge in [-0.3, -0.25) is 9.59 Å². The van der Waals surface area contributed by atoms with Gasteiger partial charge in [-0.25, -0.2) is 0 Å². The number of aromatic hydroxyl groups is 2. The largest absolute Gasteiger partial charge is 0.508 e. The van der Waals surface area contributed by atoms with Crippen molar-refractivity contribution in [1.82, 2.24) is 20.5 Å². The fraction of sp³-hybridized carbons (Fsp3) is 0.533. The molecule has 9 heteroatoms. The van der Waals surface area contributed by atoms with Gasteiger partial charge in [-0.15, -0.1) is 0 Å². The molecule has 1 fully saturated rings. The zero-order valence-corrected chi connectivity index (χ0v) is 23.5. The Labute approximate surface area is 234 Å². The summed E-state index contributed by atoms with van der Waals surface area (Å²) in [5.74, 6) is 0.508. The number of nitrogens with zero attached hydrogens (tertiary/aromatic N) is 1. The summed E-state index contributed by atoms with van der Waals surface area (Å²) in [6, 6.07) is 11.2. The van der Waals surface area contributed by atoms with Gasteiger partial charge >= 0.3 is 4.87 Å². The standard InChI is InChI=1S/C30H42N4O4S/c35-25-10-6-7-22(21-25)14-18-34(19-15-27(37)32-24-8-4-2-1-3-5-9-24)20-17-31-16-13-23-11-12-26(36)28-29(23)39-30(38)33-28/h6-7,10-12,21,24,31,35-36H,1-5,8-9,13-20H2,(H,32,37)(H,33,38). The molecular formula is C30H42N4O4S. The Morgan fingerprint density at radius 3 is 2.56 bits per heavy atom. The third-order valence-electron chi connectivity index (χ3n) is 7.57. The van der Waals surface area contributed by atoms with Crippen LogP contribution >= 0.6 is 11.3 Å². The van der Waals surface area contributed by atoms with Crippen LogP contribution < -0.4 is 15.5 Å². The molecular weight excluding hydrogens is 512 g/mol. The molecule has 0 unspecified atom stereocenters. The van der Waals surface area contributed by atoms with Crippen LogP contribution in [0.25, 0.3) is 10.2 Å². The number of hydrogen-bond donors (Lipinski definition) is 5. The van der Waals surface area contributed by atoms with E-state index in [0.717, 1.165) is 79.0 Å². The van der Waals surface area contributed by atoms with E-state index in [1.165, 1.54) is 32.1 Å². The second-order valence-electron chi connectivity index (χ2n) is 10.6. The molecule has 2 aromatic carbocycles. The first-order chi connectivity index (χ1) is 19.0. The molecule has 3 aromatic rings. The number of fused-ring (bicyclic) bond motifs is 1. The molecule has 1 amide bonds. The van der Waals surface area contributed by atoms with Crippen molar-refractivity contribution >= 4 is 27.5 Å². The van der Waals surface area contributed by atoms with Gasteiger partial charge in [-0.05, 0) is 61.6 Å². The van der Waals surface area contributed by atoms with Crippen LogP contribution in [0.15, 0.2) is 41.2 Å². The second kappa shape index (κ2) is 15.1. The zero-order valence-electron chi connectivity index (χ0n) is 22.7. The maximum atomic E-state index is 12.8. The second-order valence-corrected chi connectivity index (χ2v) is 11.6. The van der Waals surface area contributed by atoms with E-state index >= 15 is 0 Å². The molecule has 212 valence electrons. The molecule has 1 aliphatic rings. The lowest BCUT2D eigenvalue weighted by atomic mass is 9.96. The number of carbonyl (C=O) groups excluding carboxylic acids is 1. The molecule has 1 heterocycles. The first-order valence-electron chi connectivity index (χ1n) is 14.3. The minimum atomic E-state index is -0.165. The van der Waals surface area contributed by atoms with Crippen molar-refractivity contribution in [3.63, 3.8) is 0 Å². The summed E-state index contributed by atoms with van der Waals surface area (Å²) >= 11 is 1.13. The molecule has 0 saturated heterocycles. The molecule has 4 rings (SSSR count). The van der Waals surface area contributed by atoms with Gasteiger partial charge in [0.25, 0.3) is 0 Å². The van der Waals surface area contributed by atoms with E-state index in [2.05, 4.69) is 20.5 Å². The molecule has 5 N–H and O–H groups in total. The Bertz CT molecular complexity index is 1250. The average Bonchev–Trinajstić information content (AvgIpc) is 3.30. The van der Waals surface area contributed by atoms with Gasteiger partial charge < -0.3 is 30.7 Å². The highest BCUT2D eigenvalue weighted by Crippen LogP contribution is 2.27. The summed E-state index contributed by atoms with van der Waals surface area (Å²) in [5, 5.41) is 26.6. The molecule has 1 aromatic heterocycles. The summed E-state index contributed by atoms with van der Waals surface area (Å²) in [6.07, 6.45) is 10.5. The Morgan fingerprint density at radius 2 is 1.77 bits per heavy atom. The van der Waals surface area contributed by atoms with E-state index in [9.17, 15) is 19.8 Å². The lowest BCUT2D eigenvalue weighted by Gasteiger charge is -2.24. The summed E-state index contributed by atoms with van der Waals surface area (Å²) in [7, 11) is 0. The molecule has 0 atom stereocenters. The van der Waals surface area contributed by atoms with Crippen molar-refractivity contribution in [2.24, 2.45) is 0 Å². The van der Waals surface area contributed by atoms with Crippen molar-refractivity contribution < 1.29 is 15.0 Å². The number of aromatic amines is 1. The lowest BCUT2D eigenvalue weighted by molar-refractivity contribution is -0.122. The predicted octanol–water partition coefficient (Wildman–Crippen LogP) is 4.30. The van der Waals surface area contributed by atoms with Crippen LogP contribution in [0, 0.1) is 0 Å². The number of hydrogen-bond acceptors (Lipinski definition) is 7.